The van der Waals surface area contributed by atoms with Crippen LogP contribution in [0.2, 0.25) is 11.6 Å². The van der Waals surface area contributed by atoms with Crippen molar-refractivity contribution >= 4 is 6.92 Å². The Morgan fingerprint density at radius 1 is 0.739 bits per heavy atom. The first kappa shape index (κ1) is 16.5. The molecule has 6 aliphatic rings. The minimum Gasteiger partial charge on any atom is -0.438 e. The molecule has 6 aliphatic carbocycles. The maximum absolute atomic E-state index is 6.24. The van der Waals surface area contributed by atoms with Gasteiger partial charge in [-0.15, -0.1) is 0 Å². The molecule has 6 saturated carbocycles. The van der Waals surface area contributed by atoms with Crippen LogP contribution in [0.4, 0.5) is 0 Å². The number of rotatable bonds is 3. The van der Waals surface area contributed by atoms with Gasteiger partial charge in [-0.2, -0.15) is 0 Å². The number of fused-ring (bicyclic) bond motifs is 4. The van der Waals surface area contributed by atoms with Crippen molar-refractivity contribution in [1.82, 2.24) is 0 Å². The van der Waals surface area contributed by atoms with E-state index < -0.39 is 0 Å². The lowest BCUT2D eigenvalue weighted by atomic mass is 9.27. The van der Waals surface area contributed by atoms with Crippen LogP contribution in [0.15, 0.2) is 0 Å². The molecule has 0 aromatic heterocycles. The van der Waals surface area contributed by atoms with E-state index in [1.807, 2.05) is 7.11 Å². The largest absolute Gasteiger partial charge is 0.438 e. The molecule has 6 fully saturated rings. The van der Waals surface area contributed by atoms with Gasteiger partial charge in [-0.1, -0.05) is 54.4 Å². The first-order valence-electron chi connectivity index (χ1n) is 10.2. The van der Waals surface area contributed by atoms with Crippen molar-refractivity contribution in [2.75, 3.05) is 7.11 Å². The molecule has 6 rings (SSSR count). The molecule has 0 aromatic rings. The molecule has 0 heterocycles. The van der Waals surface area contributed by atoms with Crippen molar-refractivity contribution in [2.24, 2.45) is 46.3 Å². The summed E-state index contributed by atoms with van der Waals surface area (Å²) in [5.41, 5.74) is 1.19. The second kappa shape index (κ2) is 5.02. The molecule has 0 amide bonds. The highest BCUT2D eigenvalue weighted by atomic mass is 16.4. The number of hydrogen-bond acceptors (Lipinski definition) is 1. The zero-order valence-electron chi connectivity index (χ0n) is 16.4. The molecule has 0 radical (unpaired) electrons. The van der Waals surface area contributed by atoms with Gasteiger partial charge in [-0.25, -0.2) is 0 Å². The first-order chi connectivity index (χ1) is 10.7. The Morgan fingerprint density at radius 2 is 1.13 bits per heavy atom. The molecule has 8 atom stereocenters. The van der Waals surface area contributed by atoms with Crippen LogP contribution in [0.5, 0.6) is 0 Å². The van der Waals surface area contributed by atoms with Gasteiger partial charge < -0.3 is 4.65 Å². The minimum absolute atomic E-state index is 0.516. The molecule has 0 aliphatic heterocycles. The van der Waals surface area contributed by atoms with Crippen molar-refractivity contribution in [3.05, 3.63) is 0 Å². The fourth-order valence-corrected chi connectivity index (χ4v) is 7.91. The third kappa shape index (κ3) is 2.03. The zero-order chi connectivity index (χ0) is 16.7. The van der Waals surface area contributed by atoms with Gasteiger partial charge in [0.15, 0.2) is 0 Å². The normalized spacial score (nSPS) is 52.3. The van der Waals surface area contributed by atoms with Gasteiger partial charge in [0.1, 0.15) is 0 Å². The predicted octanol–water partition coefficient (Wildman–Crippen LogP) is 5.77. The Morgan fingerprint density at radius 3 is 1.39 bits per heavy atom. The van der Waals surface area contributed by atoms with Gasteiger partial charge in [-0.05, 0) is 70.8 Å². The van der Waals surface area contributed by atoms with Gasteiger partial charge in [-0.3, -0.25) is 0 Å². The smallest absolute Gasteiger partial charge is 0.299 e. The third-order valence-electron chi connectivity index (χ3n) is 9.94. The SMILES string of the molecule is COB(C1C[C@@H]2C[C@H](C1C)C2(C)C)C1C[C@H]2C[C@H](C1C)C2(C)C. The van der Waals surface area contributed by atoms with E-state index in [1.165, 1.54) is 25.7 Å². The standard InChI is InChI=1S/C21H37BO/c1-12-16-8-14(20(16,3)4)10-18(12)22(23-7)19-11-15-9-17(13(19)2)21(15,5)6/h12-19H,8-11H2,1-7H3/t12?,13?,14-,15+,16-,17-,18?,19?/m1/s1. The van der Waals surface area contributed by atoms with E-state index in [2.05, 4.69) is 41.5 Å². The molecule has 4 unspecified atom stereocenters. The fourth-order valence-electron chi connectivity index (χ4n) is 7.91. The van der Waals surface area contributed by atoms with Crippen LogP contribution >= 0.6 is 0 Å². The Kier molecular flexibility index (Phi) is 3.60. The van der Waals surface area contributed by atoms with Gasteiger partial charge in [0, 0.05) is 7.11 Å². The summed E-state index contributed by atoms with van der Waals surface area (Å²) in [6.07, 6.45) is 5.81. The third-order valence-corrected chi connectivity index (χ3v) is 9.94. The quantitative estimate of drug-likeness (QED) is 0.601. The van der Waals surface area contributed by atoms with Crippen LogP contribution in [0, 0.1) is 46.3 Å². The second-order valence-corrected chi connectivity index (χ2v) is 10.9. The van der Waals surface area contributed by atoms with Gasteiger partial charge in [0.05, 0.1) is 0 Å². The van der Waals surface area contributed by atoms with Crippen LogP contribution < -0.4 is 0 Å². The van der Waals surface area contributed by atoms with E-state index in [-0.39, 0.29) is 0 Å². The molecular weight excluding hydrogens is 279 g/mol. The van der Waals surface area contributed by atoms with Crippen LogP contribution in [-0.4, -0.2) is 14.0 Å². The maximum atomic E-state index is 6.24. The van der Waals surface area contributed by atoms with Crippen molar-refractivity contribution in [1.29, 1.82) is 0 Å². The Bertz CT molecular complexity index is 442. The lowest BCUT2D eigenvalue weighted by Gasteiger charge is -2.65. The van der Waals surface area contributed by atoms with Crippen LogP contribution in [0.25, 0.3) is 0 Å². The topological polar surface area (TPSA) is 9.23 Å². The van der Waals surface area contributed by atoms with E-state index in [9.17, 15) is 0 Å². The summed E-state index contributed by atoms with van der Waals surface area (Å²) in [5, 5.41) is 0. The molecular formula is C21H37BO. The van der Waals surface area contributed by atoms with E-state index in [0.717, 1.165) is 47.1 Å². The summed E-state index contributed by atoms with van der Waals surface area (Å²) in [6, 6.07) is 0. The molecule has 23 heavy (non-hydrogen) atoms. The van der Waals surface area contributed by atoms with E-state index in [4.69, 9.17) is 4.65 Å². The minimum atomic E-state index is 0.516. The molecule has 2 heteroatoms. The highest BCUT2D eigenvalue weighted by Crippen LogP contribution is 2.69. The lowest BCUT2D eigenvalue weighted by molar-refractivity contribution is -0.110. The zero-order valence-corrected chi connectivity index (χ0v) is 16.4. The van der Waals surface area contributed by atoms with Crippen molar-refractivity contribution in [3.8, 4) is 0 Å². The van der Waals surface area contributed by atoms with Crippen LogP contribution in [0.1, 0.15) is 67.2 Å². The van der Waals surface area contributed by atoms with E-state index in [0.29, 0.717) is 17.7 Å². The summed E-state index contributed by atoms with van der Waals surface area (Å²) < 4.78 is 6.24. The van der Waals surface area contributed by atoms with Gasteiger partial charge in [0.2, 0.25) is 0 Å². The van der Waals surface area contributed by atoms with E-state index in [1.54, 1.807) is 0 Å². The summed E-state index contributed by atoms with van der Waals surface area (Å²) in [4.78, 5) is 0. The van der Waals surface area contributed by atoms with Crippen molar-refractivity contribution in [3.63, 3.8) is 0 Å². The average molecular weight is 316 g/mol. The number of hydrogen-bond donors (Lipinski definition) is 0. The highest BCUT2D eigenvalue weighted by molar-refractivity contribution is 6.55. The Hall–Kier alpha value is 0.0249. The monoisotopic (exact) mass is 316 g/mol. The predicted molar refractivity (Wildman–Crippen MR) is 98.6 cm³/mol. The fraction of sp³-hybridized carbons (Fsp3) is 1.00. The summed E-state index contributed by atoms with van der Waals surface area (Å²) in [5.74, 6) is 7.10. The molecule has 0 aromatic carbocycles. The molecule has 4 bridgehead atoms. The van der Waals surface area contributed by atoms with E-state index >= 15 is 0 Å². The molecule has 130 valence electrons. The van der Waals surface area contributed by atoms with Gasteiger partial charge >= 0.3 is 0 Å². The Labute approximate surface area is 144 Å². The second-order valence-electron chi connectivity index (χ2n) is 10.9. The van der Waals surface area contributed by atoms with Gasteiger partial charge in [0.25, 0.3) is 6.92 Å². The molecule has 0 spiro atoms. The summed E-state index contributed by atoms with van der Waals surface area (Å²) >= 11 is 0. The molecule has 1 nitrogen and oxygen atoms in total. The van der Waals surface area contributed by atoms with Crippen LogP contribution in [0.3, 0.4) is 0 Å². The molecule has 0 saturated heterocycles. The Balaban J connectivity index is 1.52. The highest BCUT2D eigenvalue weighted by Gasteiger charge is 2.62. The van der Waals surface area contributed by atoms with Crippen molar-refractivity contribution in [2.45, 2.75) is 78.9 Å². The lowest BCUT2D eigenvalue weighted by Crippen LogP contribution is -2.60. The summed E-state index contributed by atoms with van der Waals surface area (Å²) in [7, 11) is 2.00. The average Bonchev–Trinajstić information content (AvgIpc) is 2.49. The summed E-state index contributed by atoms with van der Waals surface area (Å²) in [6.45, 7) is 15.7. The van der Waals surface area contributed by atoms with Crippen LogP contribution in [-0.2, 0) is 4.65 Å². The molecule has 0 N–H and O–H groups in total. The van der Waals surface area contributed by atoms with Crippen molar-refractivity contribution < 1.29 is 4.65 Å². The maximum Gasteiger partial charge on any atom is 0.299 e. The first-order valence-corrected chi connectivity index (χ1v) is 10.2.